The van der Waals surface area contributed by atoms with E-state index in [0.717, 1.165) is 45.8 Å². The lowest BCUT2D eigenvalue weighted by molar-refractivity contribution is -0.132. The van der Waals surface area contributed by atoms with Crippen LogP contribution in [0.1, 0.15) is 30.7 Å². The second kappa shape index (κ2) is 6.62. The van der Waals surface area contributed by atoms with Gasteiger partial charge in [0.25, 0.3) is 0 Å². The van der Waals surface area contributed by atoms with Crippen molar-refractivity contribution in [2.45, 2.75) is 31.2 Å². The van der Waals surface area contributed by atoms with E-state index in [1.165, 1.54) is 18.4 Å². The lowest BCUT2D eigenvalue weighted by Crippen LogP contribution is -2.45. The molecule has 2 heterocycles. The summed E-state index contributed by atoms with van der Waals surface area (Å²) in [5, 5.41) is 0. The van der Waals surface area contributed by atoms with Crippen molar-refractivity contribution < 1.29 is 9.53 Å². The van der Waals surface area contributed by atoms with Crippen molar-refractivity contribution in [1.29, 1.82) is 0 Å². The average Bonchev–Trinajstić information content (AvgIpc) is 3.31. The number of carbonyl (C=O) groups excluding carboxylic acids is 1. The molecule has 2 saturated heterocycles. The molecule has 2 unspecified atom stereocenters. The molecule has 2 atom stereocenters. The number of benzene rings is 1. The van der Waals surface area contributed by atoms with E-state index in [0.29, 0.717) is 17.9 Å². The van der Waals surface area contributed by atoms with Crippen molar-refractivity contribution in [2.24, 2.45) is 5.92 Å². The van der Waals surface area contributed by atoms with E-state index in [2.05, 4.69) is 34.1 Å². The lowest BCUT2D eigenvalue weighted by atomic mass is 9.93. The smallest absolute Gasteiger partial charge is 0.230 e. The molecule has 0 bridgehead atoms. The summed E-state index contributed by atoms with van der Waals surface area (Å²) in [5.74, 6) is 1.00. The van der Waals surface area contributed by atoms with Gasteiger partial charge in [-0.2, -0.15) is 0 Å². The minimum Gasteiger partial charge on any atom is -0.379 e. The van der Waals surface area contributed by atoms with Gasteiger partial charge >= 0.3 is 0 Å². The lowest BCUT2D eigenvalue weighted by Gasteiger charge is -2.32. The molecule has 1 amide bonds. The van der Waals surface area contributed by atoms with Crippen molar-refractivity contribution in [2.75, 3.05) is 39.4 Å². The molecule has 4 rings (SSSR count). The van der Waals surface area contributed by atoms with Crippen molar-refractivity contribution in [3.63, 3.8) is 0 Å². The Morgan fingerprint density at radius 3 is 2.48 bits per heavy atom. The Hall–Kier alpha value is -1.39. The normalized spacial score (nSPS) is 27.1. The molecule has 2 aliphatic heterocycles. The molecule has 1 aliphatic carbocycles. The number of morpholine rings is 1. The van der Waals surface area contributed by atoms with E-state index < -0.39 is 0 Å². The summed E-state index contributed by atoms with van der Waals surface area (Å²) in [6.07, 6.45) is 3.51. The van der Waals surface area contributed by atoms with E-state index >= 15 is 0 Å². The van der Waals surface area contributed by atoms with E-state index in [-0.39, 0.29) is 5.92 Å². The Morgan fingerprint density at radius 2 is 1.78 bits per heavy atom. The van der Waals surface area contributed by atoms with Gasteiger partial charge in [0.15, 0.2) is 0 Å². The molecule has 4 nitrogen and oxygen atoms in total. The van der Waals surface area contributed by atoms with Crippen LogP contribution in [0.3, 0.4) is 0 Å². The Kier molecular flexibility index (Phi) is 4.36. The van der Waals surface area contributed by atoms with Gasteiger partial charge in [0.1, 0.15) is 0 Å². The Morgan fingerprint density at radius 1 is 1.04 bits per heavy atom. The maximum atomic E-state index is 13.1. The summed E-state index contributed by atoms with van der Waals surface area (Å²) >= 11 is 0. The monoisotopic (exact) mass is 314 g/mol. The number of hydrogen-bond donors (Lipinski definition) is 0. The van der Waals surface area contributed by atoms with Crippen LogP contribution in [0.25, 0.3) is 0 Å². The van der Waals surface area contributed by atoms with Crippen LogP contribution in [-0.4, -0.2) is 61.1 Å². The van der Waals surface area contributed by atoms with Gasteiger partial charge in [-0.15, -0.1) is 0 Å². The second-order valence-corrected chi connectivity index (χ2v) is 7.10. The van der Waals surface area contributed by atoms with E-state index in [4.69, 9.17) is 4.74 Å². The molecule has 23 heavy (non-hydrogen) atoms. The highest BCUT2D eigenvalue weighted by Gasteiger charge is 2.41. The van der Waals surface area contributed by atoms with Crippen molar-refractivity contribution in [3.8, 4) is 0 Å². The molecule has 0 aromatic heterocycles. The number of likely N-dealkylation sites (tertiary alicyclic amines) is 1. The first-order valence-electron chi connectivity index (χ1n) is 8.98. The first-order chi connectivity index (χ1) is 11.3. The molecule has 1 saturated carbocycles. The minimum absolute atomic E-state index is 0.0830. The number of amides is 1. The third-order valence-electron chi connectivity index (χ3n) is 5.56. The second-order valence-electron chi connectivity index (χ2n) is 7.10. The summed E-state index contributed by atoms with van der Waals surface area (Å²) in [4.78, 5) is 17.8. The zero-order chi connectivity index (χ0) is 15.6. The molecule has 0 N–H and O–H groups in total. The average molecular weight is 314 g/mol. The van der Waals surface area contributed by atoms with Gasteiger partial charge in [-0.1, -0.05) is 30.3 Å². The fraction of sp³-hybridized carbons (Fsp3) is 0.632. The largest absolute Gasteiger partial charge is 0.379 e. The topological polar surface area (TPSA) is 32.8 Å². The summed E-state index contributed by atoms with van der Waals surface area (Å²) in [7, 11) is 0. The fourth-order valence-corrected chi connectivity index (χ4v) is 4.09. The van der Waals surface area contributed by atoms with Gasteiger partial charge in [-0.3, -0.25) is 9.69 Å². The molecule has 0 spiro atoms. The molecule has 0 radical (unpaired) electrons. The van der Waals surface area contributed by atoms with Crippen LogP contribution in [0.5, 0.6) is 0 Å². The molecule has 124 valence electrons. The first kappa shape index (κ1) is 15.2. The molecular formula is C19H26N2O2. The van der Waals surface area contributed by atoms with Crippen LogP contribution in [0.15, 0.2) is 30.3 Å². The number of carbonyl (C=O) groups is 1. The van der Waals surface area contributed by atoms with E-state index in [1.54, 1.807) is 0 Å². The number of ether oxygens (including phenoxy) is 1. The van der Waals surface area contributed by atoms with Crippen molar-refractivity contribution >= 4 is 5.91 Å². The van der Waals surface area contributed by atoms with Gasteiger partial charge in [-0.05, 0) is 30.7 Å². The SMILES string of the molecule is O=C(C(c1ccccc1)C1CC1)N1CCC(N2CCOCC2)C1. The highest BCUT2D eigenvalue weighted by atomic mass is 16.5. The standard InChI is InChI=1S/C19H26N2O2/c22-19(18(16-6-7-16)15-4-2-1-3-5-15)21-9-8-17(14-21)20-10-12-23-13-11-20/h1-5,16-18H,6-14H2. The number of rotatable bonds is 4. The van der Waals surface area contributed by atoms with Crippen molar-refractivity contribution in [1.82, 2.24) is 9.80 Å². The highest BCUT2D eigenvalue weighted by molar-refractivity contribution is 5.84. The maximum absolute atomic E-state index is 13.1. The van der Waals surface area contributed by atoms with Gasteiger partial charge < -0.3 is 9.64 Å². The van der Waals surface area contributed by atoms with Gasteiger partial charge in [-0.25, -0.2) is 0 Å². The van der Waals surface area contributed by atoms with Crippen LogP contribution >= 0.6 is 0 Å². The summed E-state index contributed by atoms with van der Waals surface area (Å²) in [6.45, 7) is 5.50. The number of hydrogen-bond acceptors (Lipinski definition) is 3. The third kappa shape index (κ3) is 3.29. The number of nitrogens with zero attached hydrogens (tertiary/aromatic N) is 2. The van der Waals surface area contributed by atoms with E-state index in [1.807, 2.05) is 6.07 Å². The van der Waals surface area contributed by atoms with Crippen LogP contribution < -0.4 is 0 Å². The fourth-order valence-electron chi connectivity index (χ4n) is 4.09. The third-order valence-corrected chi connectivity index (χ3v) is 5.56. The van der Waals surface area contributed by atoms with Gasteiger partial charge in [0.2, 0.25) is 5.91 Å². The van der Waals surface area contributed by atoms with Gasteiger partial charge in [0.05, 0.1) is 19.1 Å². The Labute approximate surface area is 138 Å². The van der Waals surface area contributed by atoms with Crippen LogP contribution in [0, 0.1) is 5.92 Å². The molecule has 3 aliphatic rings. The zero-order valence-electron chi connectivity index (χ0n) is 13.7. The zero-order valence-corrected chi connectivity index (χ0v) is 13.7. The summed E-state index contributed by atoms with van der Waals surface area (Å²) < 4.78 is 5.45. The Balaban J connectivity index is 1.43. The van der Waals surface area contributed by atoms with E-state index in [9.17, 15) is 4.79 Å². The van der Waals surface area contributed by atoms with Crippen LogP contribution in [-0.2, 0) is 9.53 Å². The van der Waals surface area contributed by atoms with Gasteiger partial charge in [0, 0.05) is 32.2 Å². The predicted octanol–water partition coefficient (Wildman–Crippen LogP) is 2.11. The van der Waals surface area contributed by atoms with Crippen molar-refractivity contribution in [3.05, 3.63) is 35.9 Å². The minimum atomic E-state index is 0.0830. The summed E-state index contributed by atoms with van der Waals surface area (Å²) in [6, 6.07) is 10.9. The quantitative estimate of drug-likeness (QED) is 0.853. The molecule has 4 heteroatoms. The highest BCUT2D eigenvalue weighted by Crippen LogP contribution is 2.44. The maximum Gasteiger partial charge on any atom is 0.230 e. The molecule has 3 fully saturated rings. The predicted molar refractivity (Wildman–Crippen MR) is 89.3 cm³/mol. The van der Waals surface area contributed by atoms with Crippen LogP contribution in [0.4, 0.5) is 0 Å². The molecule has 1 aromatic rings. The molecular weight excluding hydrogens is 288 g/mol. The summed E-state index contributed by atoms with van der Waals surface area (Å²) in [5.41, 5.74) is 1.20. The van der Waals surface area contributed by atoms with Crippen LogP contribution in [0.2, 0.25) is 0 Å². The first-order valence-corrected chi connectivity index (χ1v) is 8.98. The molecule has 1 aromatic carbocycles. The Bertz CT molecular complexity index is 538.